The molecule has 0 bridgehead atoms. The van der Waals surface area contributed by atoms with Gasteiger partial charge in [0, 0.05) is 18.0 Å². The van der Waals surface area contributed by atoms with E-state index in [4.69, 9.17) is 9.57 Å². The molecule has 3 atom stereocenters. The van der Waals surface area contributed by atoms with E-state index in [-0.39, 0.29) is 17.4 Å². The Morgan fingerprint density at radius 3 is 1.86 bits per heavy atom. The number of esters is 1. The lowest BCUT2D eigenvalue weighted by Crippen LogP contribution is -2.62. The maximum Gasteiger partial charge on any atom is 0.338 e. The Kier molecular flexibility index (Phi) is 12.5. The van der Waals surface area contributed by atoms with Gasteiger partial charge >= 0.3 is 11.9 Å². The molecule has 1 aromatic rings. The number of hydroxylamine groups is 1. The van der Waals surface area contributed by atoms with Gasteiger partial charge in [-0.2, -0.15) is 5.48 Å². The van der Waals surface area contributed by atoms with Crippen molar-refractivity contribution in [2.45, 2.75) is 105 Å². The highest BCUT2D eigenvalue weighted by molar-refractivity contribution is 5.92. The maximum atomic E-state index is 13.9. The summed E-state index contributed by atoms with van der Waals surface area (Å²) >= 11 is 0. The van der Waals surface area contributed by atoms with Gasteiger partial charge in [-0.25, -0.2) is 9.59 Å². The van der Waals surface area contributed by atoms with Crippen molar-refractivity contribution in [3.8, 4) is 0 Å². The van der Waals surface area contributed by atoms with E-state index in [1.165, 1.54) is 18.9 Å². The van der Waals surface area contributed by atoms with Gasteiger partial charge in [-0.15, -0.1) is 0 Å². The molecule has 0 aliphatic rings. The van der Waals surface area contributed by atoms with Crippen LogP contribution in [0.4, 0.5) is 0 Å². The van der Waals surface area contributed by atoms with Crippen LogP contribution in [0.5, 0.6) is 0 Å². The Morgan fingerprint density at radius 2 is 1.45 bits per heavy atom. The number of rotatable bonds is 12. The first-order valence-corrected chi connectivity index (χ1v) is 14.2. The number of likely N-dealkylation sites (N-methyl/N-ethyl adjacent to an activating group) is 1. The third-order valence-corrected chi connectivity index (χ3v) is 7.12. The number of hydrogen-bond acceptors (Lipinski definition) is 7. The van der Waals surface area contributed by atoms with E-state index in [1.807, 2.05) is 48.5 Å². The van der Waals surface area contributed by atoms with E-state index in [0.717, 1.165) is 5.56 Å². The molecule has 10 heteroatoms. The summed E-state index contributed by atoms with van der Waals surface area (Å²) in [5.41, 5.74) is 1.92. The largest absolute Gasteiger partial charge is 0.478 e. The van der Waals surface area contributed by atoms with Crippen LogP contribution >= 0.6 is 0 Å². The molecule has 0 aliphatic heterocycles. The second-order valence-electron chi connectivity index (χ2n) is 13.7. The lowest BCUT2D eigenvalue weighted by atomic mass is 9.76. The molecule has 42 heavy (non-hydrogen) atoms. The number of carboxylic acid groups (broad SMARTS) is 1. The monoisotopic (exact) mass is 589 g/mol. The SMILES string of the molecule is CON[C@H](C(=O)N[C@H](C(=O)N(C)[C@H](/C=C(\C)C(=O)O)C(C)C)C(C)(C)C)C(C)(C)c1ccc(C(=O)OC(C)(C)C)cc1. The minimum Gasteiger partial charge on any atom is -0.478 e. The number of ether oxygens (including phenoxy) is 1. The van der Waals surface area contributed by atoms with E-state index >= 15 is 0 Å². The molecule has 0 aromatic heterocycles. The summed E-state index contributed by atoms with van der Waals surface area (Å²) in [6.07, 6.45) is 1.56. The highest BCUT2D eigenvalue weighted by Crippen LogP contribution is 2.30. The Bertz CT molecular complexity index is 1140. The molecule has 0 spiro atoms. The molecule has 10 nitrogen and oxygen atoms in total. The number of carbonyl (C=O) groups excluding carboxylic acids is 3. The number of amides is 2. The van der Waals surface area contributed by atoms with Crippen molar-refractivity contribution in [3.05, 3.63) is 47.0 Å². The fourth-order valence-electron chi connectivity index (χ4n) is 4.49. The highest BCUT2D eigenvalue weighted by Gasteiger charge is 2.42. The summed E-state index contributed by atoms with van der Waals surface area (Å²) in [5.74, 6) is -2.38. The normalized spacial score (nSPS) is 15.0. The van der Waals surface area contributed by atoms with Gasteiger partial charge in [-0.1, -0.05) is 66.7 Å². The summed E-state index contributed by atoms with van der Waals surface area (Å²) in [7, 11) is 3.02. The standard InChI is InChI=1S/C32H51N3O7/c1-19(2)23(18-20(3)28(38)39)35(12)27(37)25(30(4,5)6)33-26(36)24(34-41-13)32(10,11)22-16-14-21(15-17-22)29(40)42-31(7,8)9/h14-19,23-25,34H,1-13H3,(H,33,36)(H,38,39)/b20-18+/t23-,24-,25-/m1/s1. The van der Waals surface area contributed by atoms with Crippen LogP contribution in [-0.2, 0) is 29.4 Å². The number of hydrogen-bond donors (Lipinski definition) is 3. The van der Waals surface area contributed by atoms with Crippen molar-refractivity contribution < 1.29 is 33.9 Å². The number of benzene rings is 1. The molecule has 1 rings (SSSR count). The van der Waals surface area contributed by atoms with Gasteiger partial charge in [-0.3, -0.25) is 9.59 Å². The van der Waals surface area contributed by atoms with Gasteiger partial charge in [0.05, 0.1) is 18.7 Å². The van der Waals surface area contributed by atoms with Crippen LogP contribution in [-0.4, -0.2) is 71.6 Å². The first kappa shape index (κ1) is 36.8. The van der Waals surface area contributed by atoms with Crippen molar-refractivity contribution in [2.24, 2.45) is 11.3 Å². The quantitative estimate of drug-likeness (QED) is 0.185. The number of nitrogens with zero attached hydrogens (tertiary/aromatic N) is 1. The number of aliphatic carboxylic acids is 1. The molecular weight excluding hydrogens is 538 g/mol. The Hall–Kier alpha value is -3.24. The van der Waals surface area contributed by atoms with Crippen LogP contribution < -0.4 is 10.8 Å². The van der Waals surface area contributed by atoms with Crippen molar-refractivity contribution in [2.75, 3.05) is 14.2 Å². The zero-order valence-electron chi connectivity index (χ0n) is 27.5. The van der Waals surface area contributed by atoms with Crippen molar-refractivity contribution in [3.63, 3.8) is 0 Å². The minimum atomic E-state index is -1.06. The van der Waals surface area contributed by atoms with Crippen LogP contribution in [0.1, 0.15) is 92.1 Å². The van der Waals surface area contributed by atoms with Crippen LogP contribution in [0, 0.1) is 11.3 Å². The summed E-state index contributed by atoms with van der Waals surface area (Å²) < 4.78 is 5.45. The molecular formula is C32H51N3O7. The number of nitrogens with one attached hydrogen (secondary N) is 2. The molecule has 3 N–H and O–H groups in total. The molecule has 2 amide bonds. The molecule has 236 valence electrons. The van der Waals surface area contributed by atoms with Crippen LogP contribution in [0.3, 0.4) is 0 Å². The molecule has 0 fully saturated rings. The van der Waals surface area contributed by atoms with Gasteiger partial charge in [0.1, 0.15) is 17.7 Å². The zero-order valence-corrected chi connectivity index (χ0v) is 27.5. The van der Waals surface area contributed by atoms with E-state index in [9.17, 15) is 24.3 Å². The van der Waals surface area contributed by atoms with Gasteiger partial charge in [0.15, 0.2) is 0 Å². The molecule has 0 aliphatic carbocycles. The van der Waals surface area contributed by atoms with E-state index in [2.05, 4.69) is 10.8 Å². The third kappa shape index (κ3) is 9.94. The van der Waals surface area contributed by atoms with Crippen molar-refractivity contribution in [1.29, 1.82) is 0 Å². The van der Waals surface area contributed by atoms with E-state index in [1.54, 1.807) is 58.2 Å². The minimum absolute atomic E-state index is 0.0740. The molecule has 0 heterocycles. The van der Waals surface area contributed by atoms with Crippen molar-refractivity contribution in [1.82, 2.24) is 15.7 Å². The van der Waals surface area contributed by atoms with E-state index < -0.39 is 52.4 Å². The van der Waals surface area contributed by atoms with Crippen molar-refractivity contribution >= 4 is 23.8 Å². The second kappa shape index (κ2) is 14.3. The Morgan fingerprint density at radius 1 is 0.929 bits per heavy atom. The smallest absolute Gasteiger partial charge is 0.338 e. The summed E-state index contributed by atoms with van der Waals surface area (Å²) in [4.78, 5) is 58.4. The summed E-state index contributed by atoms with van der Waals surface area (Å²) in [6, 6.07) is 4.49. The second-order valence-corrected chi connectivity index (χ2v) is 13.7. The molecule has 0 unspecified atom stereocenters. The van der Waals surface area contributed by atoms with Gasteiger partial charge in [-0.05, 0) is 56.7 Å². The highest BCUT2D eigenvalue weighted by atomic mass is 16.6. The van der Waals surface area contributed by atoms with E-state index in [0.29, 0.717) is 5.56 Å². The van der Waals surface area contributed by atoms with Crippen LogP contribution in [0.2, 0.25) is 0 Å². The molecule has 0 radical (unpaired) electrons. The van der Waals surface area contributed by atoms with Crippen LogP contribution in [0.15, 0.2) is 35.9 Å². The summed E-state index contributed by atoms with van der Waals surface area (Å²) in [5, 5.41) is 12.3. The first-order chi connectivity index (χ1) is 19.0. The molecule has 0 saturated heterocycles. The Labute approximate surface area is 251 Å². The van der Waals surface area contributed by atoms with Crippen LogP contribution in [0.25, 0.3) is 0 Å². The lowest BCUT2D eigenvalue weighted by Gasteiger charge is -2.39. The maximum absolute atomic E-state index is 13.9. The molecule has 0 saturated carbocycles. The number of carbonyl (C=O) groups is 4. The van der Waals surface area contributed by atoms with Gasteiger partial charge in [0.2, 0.25) is 11.8 Å². The number of carboxylic acids is 1. The molecule has 1 aromatic carbocycles. The summed E-state index contributed by atoms with van der Waals surface area (Å²) in [6.45, 7) is 20.0. The van der Waals surface area contributed by atoms with Gasteiger partial charge in [0.25, 0.3) is 0 Å². The lowest BCUT2D eigenvalue weighted by molar-refractivity contribution is -0.142. The predicted molar refractivity (Wildman–Crippen MR) is 163 cm³/mol. The van der Waals surface area contributed by atoms with Gasteiger partial charge < -0.3 is 24.9 Å². The topological polar surface area (TPSA) is 134 Å². The fourth-order valence-corrected chi connectivity index (χ4v) is 4.49. The predicted octanol–water partition coefficient (Wildman–Crippen LogP) is 4.48. The fraction of sp³-hybridized carbons (Fsp3) is 0.625. The Balaban J connectivity index is 3.37. The first-order valence-electron chi connectivity index (χ1n) is 14.2. The zero-order chi connectivity index (χ0) is 32.8. The average Bonchev–Trinajstić information content (AvgIpc) is 2.85. The third-order valence-electron chi connectivity index (χ3n) is 7.12. The average molecular weight is 590 g/mol.